The first-order chi connectivity index (χ1) is 17.1. The van der Waals surface area contributed by atoms with E-state index in [2.05, 4.69) is 42.3 Å². The van der Waals surface area contributed by atoms with Gasteiger partial charge in [-0.1, -0.05) is 6.08 Å². The Hall–Kier alpha value is -4.16. The molecule has 1 atom stereocenters. The first-order valence-electron chi connectivity index (χ1n) is 11.8. The number of carbonyl (C=O) groups excluding carboxylic acids is 1. The summed E-state index contributed by atoms with van der Waals surface area (Å²) < 4.78 is 0. The van der Waals surface area contributed by atoms with Gasteiger partial charge in [-0.25, -0.2) is 9.97 Å². The highest BCUT2D eigenvalue weighted by atomic mass is 16.1. The molecule has 3 aromatic rings. The third-order valence-corrected chi connectivity index (χ3v) is 6.82. The molecular formula is C26H28N8O. The molecule has 1 unspecified atom stereocenters. The van der Waals surface area contributed by atoms with E-state index in [1.165, 1.54) is 5.56 Å². The van der Waals surface area contributed by atoms with Gasteiger partial charge in [0.25, 0.3) is 5.91 Å². The summed E-state index contributed by atoms with van der Waals surface area (Å²) in [4.78, 5) is 29.1. The highest BCUT2D eigenvalue weighted by Gasteiger charge is 2.36. The molecule has 1 amide bonds. The number of benzene rings is 1. The van der Waals surface area contributed by atoms with Crippen LogP contribution in [0.25, 0.3) is 10.9 Å². The minimum absolute atomic E-state index is 0.499. The van der Waals surface area contributed by atoms with Gasteiger partial charge in [0.2, 0.25) is 5.95 Å². The molecule has 178 valence electrons. The molecule has 1 saturated heterocycles. The van der Waals surface area contributed by atoms with Crippen LogP contribution in [0.1, 0.15) is 23.1 Å². The Morgan fingerprint density at radius 2 is 1.97 bits per heavy atom. The predicted octanol–water partition coefficient (Wildman–Crippen LogP) is 1.94. The number of allylic oxidation sites excluding steroid dienone is 2. The Morgan fingerprint density at radius 1 is 1.17 bits per heavy atom. The molecule has 0 saturated carbocycles. The van der Waals surface area contributed by atoms with Crippen LogP contribution in [0.3, 0.4) is 0 Å². The number of carbonyl (C=O) groups is 1. The number of aryl methyl sites for hydroxylation is 1. The Labute approximate surface area is 204 Å². The van der Waals surface area contributed by atoms with Crippen LogP contribution >= 0.6 is 0 Å². The lowest BCUT2D eigenvalue weighted by Gasteiger charge is -2.35. The molecule has 0 radical (unpaired) electrons. The van der Waals surface area contributed by atoms with Gasteiger partial charge in [0, 0.05) is 61.2 Å². The fraction of sp³-hybridized carbons (Fsp3) is 0.308. The quantitative estimate of drug-likeness (QED) is 0.484. The van der Waals surface area contributed by atoms with Crippen LogP contribution in [0.2, 0.25) is 0 Å². The van der Waals surface area contributed by atoms with Crippen molar-refractivity contribution in [3.05, 3.63) is 77.9 Å². The number of hydrogen-bond donors (Lipinski definition) is 3. The van der Waals surface area contributed by atoms with Crippen LogP contribution in [0.15, 0.2) is 61.2 Å². The van der Waals surface area contributed by atoms with E-state index >= 15 is 0 Å². The van der Waals surface area contributed by atoms with Crippen molar-refractivity contribution in [1.82, 2.24) is 25.2 Å². The number of rotatable bonds is 7. The second-order valence-corrected chi connectivity index (χ2v) is 8.92. The van der Waals surface area contributed by atoms with Gasteiger partial charge in [-0.2, -0.15) is 5.26 Å². The van der Waals surface area contributed by atoms with Crippen molar-refractivity contribution >= 4 is 22.8 Å². The van der Waals surface area contributed by atoms with Crippen molar-refractivity contribution in [2.45, 2.75) is 18.4 Å². The SMILES string of the molecule is N#Cc1ccc2[nH]cc(CCCN3CCN(c4ncc(C5(C(N)=O)C=CC=CN5)cn4)CC3)c2c1. The van der Waals surface area contributed by atoms with E-state index in [0.717, 1.165) is 56.5 Å². The number of amides is 1. The highest BCUT2D eigenvalue weighted by Crippen LogP contribution is 2.25. The summed E-state index contributed by atoms with van der Waals surface area (Å²) in [6.45, 7) is 4.60. The maximum Gasteiger partial charge on any atom is 0.251 e. The maximum atomic E-state index is 12.1. The normalized spacial score (nSPS) is 20.0. The zero-order valence-corrected chi connectivity index (χ0v) is 19.4. The zero-order chi connectivity index (χ0) is 24.3. The summed E-state index contributed by atoms with van der Waals surface area (Å²) in [7, 11) is 0. The number of fused-ring (bicyclic) bond motifs is 1. The second-order valence-electron chi connectivity index (χ2n) is 8.92. The molecule has 0 spiro atoms. The first-order valence-corrected chi connectivity index (χ1v) is 11.8. The van der Waals surface area contributed by atoms with E-state index in [1.54, 1.807) is 36.8 Å². The van der Waals surface area contributed by atoms with Gasteiger partial charge < -0.3 is 20.9 Å². The molecular weight excluding hydrogens is 440 g/mol. The van der Waals surface area contributed by atoms with E-state index in [9.17, 15) is 10.1 Å². The smallest absolute Gasteiger partial charge is 0.251 e. The minimum atomic E-state index is -1.12. The molecule has 5 rings (SSSR count). The van der Waals surface area contributed by atoms with Crippen LogP contribution in [0.4, 0.5) is 5.95 Å². The average Bonchev–Trinajstić information content (AvgIpc) is 3.31. The van der Waals surface area contributed by atoms with Crippen molar-refractivity contribution < 1.29 is 4.79 Å². The number of H-pyrrole nitrogens is 1. The van der Waals surface area contributed by atoms with Gasteiger partial charge in [0.15, 0.2) is 5.54 Å². The topological polar surface area (TPSA) is 127 Å². The van der Waals surface area contributed by atoms with Crippen LogP contribution in [0.5, 0.6) is 0 Å². The molecule has 9 heteroatoms. The summed E-state index contributed by atoms with van der Waals surface area (Å²) in [6, 6.07) is 8.00. The molecule has 4 heterocycles. The number of nitrogens with two attached hydrogens (primary N) is 1. The number of aromatic amines is 1. The summed E-state index contributed by atoms with van der Waals surface area (Å²) in [6.07, 6.45) is 14.5. The average molecular weight is 469 g/mol. The number of hydrogen-bond acceptors (Lipinski definition) is 7. The molecule has 9 nitrogen and oxygen atoms in total. The first kappa shape index (κ1) is 22.6. The Bertz CT molecular complexity index is 1310. The van der Waals surface area contributed by atoms with Gasteiger partial charge in [0.05, 0.1) is 11.6 Å². The third-order valence-electron chi connectivity index (χ3n) is 6.82. The highest BCUT2D eigenvalue weighted by molar-refractivity contribution is 5.89. The number of piperazine rings is 1. The van der Waals surface area contributed by atoms with Gasteiger partial charge in [0.1, 0.15) is 0 Å². The molecule has 35 heavy (non-hydrogen) atoms. The minimum Gasteiger partial charge on any atom is -0.370 e. The van der Waals surface area contributed by atoms with Crippen molar-refractivity contribution in [2.24, 2.45) is 5.73 Å². The number of anilines is 1. The molecule has 0 bridgehead atoms. The molecule has 2 aromatic heterocycles. The number of nitriles is 1. The monoisotopic (exact) mass is 468 g/mol. The second kappa shape index (κ2) is 9.60. The van der Waals surface area contributed by atoms with E-state index < -0.39 is 11.4 Å². The Morgan fingerprint density at radius 3 is 2.66 bits per heavy atom. The molecule has 0 aliphatic carbocycles. The van der Waals surface area contributed by atoms with Gasteiger partial charge >= 0.3 is 0 Å². The summed E-state index contributed by atoms with van der Waals surface area (Å²) >= 11 is 0. The Balaban J connectivity index is 1.14. The molecule has 2 aliphatic heterocycles. The standard InChI is InChI=1S/C26H28N8O/c27-15-19-5-6-23-22(14-19)20(16-29-23)4-3-9-33-10-12-34(13-11-33)25-30-17-21(18-31-25)26(24(28)35)7-1-2-8-32-26/h1-2,5-8,14,16-18,29,32H,3-4,9-13H2,(H2,28,35). The van der Waals surface area contributed by atoms with Crippen molar-refractivity contribution in [3.8, 4) is 6.07 Å². The van der Waals surface area contributed by atoms with Crippen molar-refractivity contribution in [3.63, 3.8) is 0 Å². The third kappa shape index (κ3) is 4.48. The maximum absolute atomic E-state index is 12.1. The predicted molar refractivity (Wildman–Crippen MR) is 134 cm³/mol. The lowest BCUT2D eigenvalue weighted by molar-refractivity contribution is -0.122. The van der Waals surface area contributed by atoms with E-state index in [1.807, 2.05) is 18.2 Å². The summed E-state index contributed by atoms with van der Waals surface area (Å²) in [5.74, 6) is 0.164. The molecule has 2 aliphatic rings. The molecule has 1 fully saturated rings. The number of nitrogens with one attached hydrogen (secondary N) is 2. The lowest BCUT2D eigenvalue weighted by atomic mass is 9.89. The zero-order valence-electron chi connectivity index (χ0n) is 19.4. The largest absolute Gasteiger partial charge is 0.370 e. The Kier molecular flexibility index (Phi) is 6.21. The van der Waals surface area contributed by atoms with Crippen LogP contribution in [-0.2, 0) is 16.8 Å². The van der Waals surface area contributed by atoms with Crippen LogP contribution in [0, 0.1) is 11.3 Å². The van der Waals surface area contributed by atoms with Crippen LogP contribution in [-0.4, -0.2) is 58.5 Å². The van der Waals surface area contributed by atoms with E-state index in [4.69, 9.17) is 5.73 Å². The fourth-order valence-corrected chi connectivity index (χ4v) is 4.77. The number of primary amides is 1. The van der Waals surface area contributed by atoms with Crippen molar-refractivity contribution in [2.75, 3.05) is 37.6 Å². The van der Waals surface area contributed by atoms with E-state index in [0.29, 0.717) is 17.1 Å². The number of aromatic nitrogens is 3. The van der Waals surface area contributed by atoms with Gasteiger partial charge in [-0.15, -0.1) is 0 Å². The van der Waals surface area contributed by atoms with E-state index in [-0.39, 0.29) is 0 Å². The fourth-order valence-electron chi connectivity index (χ4n) is 4.77. The number of nitrogens with zero attached hydrogens (tertiary/aromatic N) is 5. The van der Waals surface area contributed by atoms with Gasteiger partial charge in [-0.05, 0) is 61.5 Å². The lowest BCUT2D eigenvalue weighted by Crippen LogP contribution is -2.50. The van der Waals surface area contributed by atoms with Crippen molar-refractivity contribution in [1.29, 1.82) is 5.26 Å². The summed E-state index contributed by atoms with van der Waals surface area (Å²) in [5, 5.41) is 13.4. The number of dihydropyridines is 1. The molecule has 1 aromatic carbocycles. The van der Waals surface area contributed by atoms with Gasteiger partial charge in [-0.3, -0.25) is 9.69 Å². The molecule has 4 N–H and O–H groups in total. The summed E-state index contributed by atoms with van der Waals surface area (Å²) in [5.41, 5.74) is 8.20. The van der Waals surface area contributed by atoms with Crippen LogP contribution < -0.4 is 16.0 Å².